The van der Waals surface area contributed by atoms with E-state index in [1.165, 1.54) is 0 Å². The number of hydrogen-bond acceptors (Lipinski definition) is 5. The number of carbonyl (C=O) groups is 2. The summed E-state index contributed by atoms with van der Waals surface area (Å²) in [6.45, 7) is 1.26. The number of fused-ring (bicyclic) bond motifs is 1. The predicted octanol–water partition coefficient (Wildman–Crippen LogP) is 2.16. The summed E-state index contributed by atoms with van der Waals surface area (Å²) in [6.07, 6.45) is 0. The molecule has 0 fully saturated rings. The molecule has 0 spiro atoms. The van der Waals surface area contributed by atoms with Crippen molar-refractivity contribution in [2.24, 2.45) is 0 Å². The molecule has 0 aliphatic heterocycles. The molecule has 0 radical (unpaired) electrons. The van der Waals surface area contributed by atoms with Crippen molar-refractivity contribution in [3.63, 3.8) is 0 Å². The highest BCUT2D eigenvalue weighted by molar-refractivity contribution is 6.31. The van der Waals surface area contributed by atoms with E-state index in [0.717, 1.165) is 5.56 Å². The van der Waals surface area contributed by atoms with Crippen molar-refractivity contribution in [3.05, 3.63) is 69.2 Å². The summed E-state index contributed by atoms with van der Waals surface area (Å²) < 4.78 is 5.28. The number of amides is 2. The van der Waals surface area contributed by atoms with Gasteiger partial charge in [-0.05, 0) is 36.8 Å². The quantitative estimate of drug-likeness (QED) is 0.548. The van der Waals surface area contributed by atoms with Crippen LogP contribution in [0.25, 0.3) is 10.9 Å². The fourth-order valence-corrected chi connectivity index (χ4v) is 2.79. The van der Waals surface area contributed by atoms with Crippen LogP contribution in [0, 0.1) is 6.92 Å². The molecule has 2 aromatic carbocycles. The molecule has 0 aliphatic rings. The molecule has 3 rings (SSSR count). The van der Waals surface area contributed by atoms with Gasteiger partial charge in [-0.25, -0.2) is 4.98 Å². The topological polar surface area (TPSA) is 113 Å². The van der Waals surface area contributed by atoms with Crippen molar-refractivity contribution in [3.8, 4) is 0 Å². The van der Waals surface area contributed by atoms with Crippen LogP contribution in [-0.2, 0) is 20.9 Å². The number of benzene rings is 2. The van der Waals surface area contributed by atoms with E-state index in [-0.39, 0.29) is 31.2 Å². The second kappa shape index (κ2) is 9.31. The number of rotatable bonds is 7. The summed E-state index contributed by atoms with van der Waals surface area (Å²) in [5, 5.41) is 6.17. The van der Waals surface area contributed by atoms with Crippen LogP contribution >= 0.6 is 11.6 Å². The van der Waals surface area contributed by atoms with Gasteiger partial charge in [0.15, 0.2) is 0 Å². The summed E-state index contributed by atoms with van der Waals surface area (Å²) in [7, 11) is 0. The van der Waals surface area contributed by atoms with Crippen LogP contribution in [0.4, 0.5) is 5.69 Å². The third kappa shape index (κ3) is 5.40. The van der Waals surface area contributed by atoms with Crippen LogP contribution in [0.5, 0.6) is 0 Å². The van der Waals surface area contributed by atoms with E-state index in [1.807, 2.05) is 0 Å². The molecule has 29 heavy (non-hydrogen) atoms. The minimum Gasteiger partial charge on any atom is -0.364 e. The minimum atomic E-state index is -0.467. The number of halogens is 1. The van der Waals surface area contributed by atoms with E-state index in [4.69, 9.17) is 16.3 Å². The Hall–Kier alpha value is -3.23. The molecule has 3 aromatic rings. The smallest absolute Gasteiger partial charge is 0.258 e. The Bertz CT molecular complexity index is 1110. The number of hydrogen-bond donors (Lipinski definition) is 3. The van der Waals surface area contributed by atoms with Crippen molar-refractivity contribution in [1.29, 1.82) is 0 Å². The van der Waals surface area contributed by atoms with Crippen LogP contribution < -0.4 is 16.2 Å². The molecular formula is C20H19ClN4O4. The van der Waals surface area contributed by atoms with E-state index in [1.54, 1.807) is 49.4 Å². The standard InChI is InChI=1S/C20H19ClN4O4/c1-12-14(21)6-4-8-15(12)24-18(26)9-22-19(27)11-29-10-17-23-16-7-3-2-5-13(16)20(28)25-17/h2-8H,9-11H2,1H3,(H,22,27)(H,24,26)(H,23,25,28). The zero-order valence-corrected chi connectivity index (χ0v) is 16.4. The van der Waals surface area contributed by atoms with E-state index < -0.39 is 5.91 Å². The largest absolute Gasteiger partial charge is 0.364 e. The Morgan fingerprint density at radius 3 is 2.76 bits per heavy atom. The molecule has 0 aliphatic carbocycles. The lowest BCUT2D eigenvalue weighted by molar-refractivity contribution is -0.128. The van der Waals surface area contributed by atoms with Gasteiger partial charge in [0, 0.05) is 10.7 Å². The zero-order chi connectivity index (χ0) is 20.8. The number of nitrogens with one attached hydrogen (secondary N) is 3. The van der Waals surface area contributed by atoms with Crippen LogP contribution in [0.15, 0.2) is 47.3 Å². The average Bonchev–Trinajstić information content (AvgIpc) is 2.70. The Morgan fingerprint density at radius 2 is 1.93 bits per heavy atom. The molecule has 0 saturated heterocycles. The number of nitrogens with zero attached hydrogens (tertiary/aromatic N) is 1. The lowest BCUT2D eigenvalue weighted by atomic mass is 10.2. The maximum absolute atomic E-state index is 12.0. The highest BCUT2D eigenvalue weighted by Gasteiger charge is 2.09. The molecule has 0 saturated carbocycles. The molecule has 0 atom stereocenters. The van der Waals surface area contributed by atoms with Crippen LogP contribution in [0.1, 0.15) is 11.4 Å². The van der Waals surface area contributed by atoms with Crippen LogP contribution in [0.3, 0.4) is 0 Å². The summed E-state index contributed by atoms with van der Waals surface area (Å²) in [5.41, 5.74) is 1.60. The fourth-order valence-electron chi connectivity index (χ4n) is 2.61. The maximum atomic E-state index is 12.0. The first-order valence-corrected chi connectivity index (χ1v) is 9.19. The first-order valence-electron chi connectivity index (χ1n) is 8.81. The van der Waals surface area contributed by atoms with Gasteiger partial charge in [0.05, 0.1) is 17.4 Å². The zero-order valence-electron chi connectivity index (χ0n) is 15.6. The third-order valence-corrected chi connectivity index (χ3v) is 4.53. The van der Waals surface area contributed by atoms with E-state index in [0.29, 0.717) is 27.4 Å². The SMILES string of the molecule is Cc1c(Cl)cccc1NC(=O)CNC(=O)COCc1nc2ccccc2c(=O)[nH]1. The van der Waals surface area contributed by atoms with Gasteiger partial charge in [-0.3, -0.25) is 14.4 Å². The number of ether oxygens (including phenoxy) is 1. The summed E-state index contributed by atoms with van der Waals surface area (Å²) in [5.74, 6) is -0.536. The first-order chi connectivity index (χ1) is 13.9. The highest BCUT2D eigenvalue weighted by atomic mass is 35.5. The summed E-state index contributed by atoms with van der Waals surface area (Å²) in [6, 6.07) is 12.1. The molecular weight excluding hydrogens is 396 g/mol. The fraction of sp³-hybridized carbons (Fsp3) is 0.200. The van der Waals surface area contributed by atoms with Gasteiger partial charge in [0.1, 0.15) is 19.0 Å². The van der Waals surface area contributed by atoms with Crippen LogP contribution in [-0.4, -0.2) is 34.9 Å². The molecule has 2 amide bonds. The van der Waals surface area contributed by atoms with Gasteiger partial charge in [0.2, 0.25) is 11.8 Å². The average molecular weight is 415 g/mol. The third-order valence-electron chi connectivity index (χ3n) is 4.12. The second-order valence-electron chi connectivity index (χ2n) is 6.26. The predicted molar refractivity (Wildman–Crippen MR) is 110 cm³/mol. The van der Waals surface area contributed by atoms with Crippen molar-refractivity contribution < 1.29 is 14.3 Å². The Labute approximate surface area is 171 Å². The number of aromatic amines is 1. The van der Waals surface area contributed by atoms with Gasteiger partial charge in [-0.2, -0.15) is 0 Å². The minimum absolute atomic E-state index is 0.0403. The van der Waals surface area contributed by atoms with Crippen molar-refractivity contribution >= 4 is 40.0 Å². The van der Waals surface area contributed by atoms with Gasteiger partial charge >= 0.3 is 0 Å². The van der Waals surface area contributed by atoms with Crippen molar-refractivity contribution in [2.45, 2.75) is 13.5 Å². The molecule has 0 bridgehead atoms. The van der Waals surface area contributed by atoms with Gasteiger partial charge in [-0.1, -0.05) is 29.8 Å². The monoisotopic (exact) mass is 414 g/mol. The summed E-state index contributed by atoms with van der Waals surface area (Å²) in [4.78, 5) is 42.7. The molecule has 9 heteroatoms. The van der Waals surface area contributed by atoms with Crippen LogP contribution in [0.2, 0.25) is 5.02 Å². The van der Waals surface area contributed by atoms with Gasteiger partial charge in [-0.15, -0.1) is 0 Å². The van der Waals surface area contributed by atoms with Crippen molar-refractivity contribution in [2.75, 3.05) is 18.5 Å². The maximum Gasteiger partial charge on any atom is 0.258 e. The number of para-hydroxylation sites is 1. The molecule has 1 heterocycles. The molecule has 0 unspecified atom stereocenters. The molecule has 1 aromatic heterocycles. The Kier molecular flexibility index (Phi) is 6.58. The molecule has 150 valence electrons. The van der Waals surface area contributed by atoms with E-state index in [2.05, 4.69) is 20.6 Å². The normalized spacial score (nSPS) is 10.7. The highest BCUT2D eigenvalue weighted by Crippen LogP contribution is 2.22. The Balaban J connectivity index is 1.45. The van der Waals surface area contributed by atoms with Gasteiger partial charge < -0.3 is 20.4 Å². The number of H-pyrrole nitrogens is 1. The lowest BCUT2D eigenvalue weighted by Gasteiger charge is -2.10. The number of anilines is 1. The van der Waals surface area contributed by atoms with E-state index >= 15 is 0 Å². The van der Waals surface area contributed by atoms with Crippen molar-refractivity contribution in [1.82, 2.24) is 15.3 Å². The number of carbonyl (C=O) groups excluding carboxylic acids is 2. The molecule has 3 N–H and O–H groups in total. The molecule has 8 nitrogen and oxygen atoms in total. The lowest BCUT2D eigenvalue weighted by Crippen LogP contribution is -2.35. The summed E-state index contributed by atoms with van der Waals surface area (Å²) >= 11 is 6.01. The van der Waals surface area contributed by atoms with E-state index in [9.17, 15) is 14.4 Å². The number of aromatic nitrogens is 2. The van der Waals surface area contributed by atoms with Gasteiger partial charge in [0.25, 0.3) is 5.56 Å². The second-order valence-corrected chi connectivity index (χ2v) is 6.67. The Morgan fingerprint density at radius 1 is 1.14 bits per heavy atom. The first kappa shape index (κ1) is 20.5.